The van der Waals surface area contributed by atoms with E-state index < -0.39 is 15.5 Å². The summed E-state index contributed by atoms with van der Waals surface area (Å²) in [6.07, 6.45) is 0. The average Bonchev–Trinajstić information content (AvgIpc) is 0.811. The van der Waals surface area contributed by atoms with Gasteiger partial charge in [-0.3, -0.25) is 0 Å². The van der Waals surface area contributed by atoms with E-state index in [1.165, 1.54) is 0 Å². The Hall–Kier alpha value is 1.61. The summed E-state index contributed by atoms with van der Waals surface area (Å²) in [7, 11) is 0. The third-order valence-corrected chi connectivity index (χ3v) is 0. The van der Waals surface area contributed by atoms with Gasteiger partial charge in [-0.15, -0.1) is 0 Å². The summed E-state index contributed by atoms with van der Waals surface area (Å²) in [6.45, 7) is 0. The van der Waals surface area contributed by atoms with Gasteiger partial charge >= 0.3 is 34.4 Å². The molecule has 0 saturated carbocycles. The Balaban J connectivity index is -0.0000000450. The minimum atomic E-state index is -4.64. The van der Waals surface area contributed by atoms with Crippen LogP contribution in [0, 0.1) is 0 Å². The van der Waals surface area contributed by atoms with Crippen molar-refractivity contribution in [2.24, 2.45) is 0 Å². The SMILES string of the molecule is [F][Al]([F])[F].[LiH].[W]. The van der Waals surface area contributed by atoms with Crippen molar-refractivity contribution in [3.8, 4) is 0 Å². The number of rotatable bonds is 0. The molecule has 0 N–H and O–H groups in total. The van der Waals surface area contributed by atoms with Crippen LogP contribution in [-0.4, -0.2) is 34.4 Å². The molecule has 0 heterocycles. The molecular formula is HAlF3LiW. The maximum Gasteiger partial charge on any atom is 0 e. The van der Waals surface area contributed by atoms with E-state index in [0.29, 0.717) is 0 Å². The van der Waals surface area contributed by atoms with Gasteiger partial charge in [0.25, 0.3) is 0 Å². The normalized spacial score (nSPS) is 4.50. The van der Waals surface area contributed by atoms with Crippen LogP contribution in [0.1, 0.15) is 0 Å². The standard InChI is InChI=1S/Al.3FH.Li.W.H/h;3*1H;;;/q+3;;;;;;/p-3. The van der Waals surface area contributed by atoms with Gasteiger partial charge in [-0.1, -0.05) is 0 Å². The maximum atomic E-state index is 9.81. The molecule has 0 unspecified atom stereocenters. The van der Waals surface area contributed by atoms with E-state index in [-0.39, 0.29) is 39.9 Å². The Labute approximate surface area is 65.7 Å². The fraction of sp³-hybridized carbons (Fsp3) is 0. The van der Waals surface area contributed by atoms with Crippen LogP contribution < -0.4 is 0 Å². The second kappa shape index (κ2) is 9.79. The van der Waals surface area contributed by atoms with E-state index in [2.05, 4.69) is 0 Å². The maximum absolute atomic E-state index is 9.81. The third kappa shape index (κ3) is 46.0. The summed E-state index contributed by atoms with van der Waals surface area (Å²) in [5.41, 5.74) is 0. The first-order valence-electron chi connectivity index (χ1n) is 0.655. The average molecular weight is 276 g/mol. The molecular weight excluding hydrogens is 275 g/mol. The quantitative estimate of drug-likeness (QED) is 0.555. The van der Waals surface area contributed by atoms with E-state index in [1.807, 2.05) is 0 Å². The van der Waals surface area contributed by atoms with Gasteiger partial charge in [0, 0.05) is 21.1 Å². The molecule has 0 aromatic heterocycles. The van der Waals surface area contributed by atoms with Crippen molar-refractivity contribution >= 4 is 34.4 Å². The van der Waals surface area contributed by atoms with Crippen LogP contribution in [0.3, 0.4) is 0 Å². The minimum Gasteiger partial charge on any atom is 0 e. The predicted octanol–water partition coefficient (Wildman–Crippen LogP) is 0.229. The summed E-state index contributed by atoms with van der Waals surface area (Å²) in [5, 5.41) is 0. The number of hydrogen-bond donors (Lipinski definition) is 0. The van der Waals surface area contributed by atoms with E-state index in [0.717, 1.165) is 0 Å². The Bertz CT molecular complexity index is 15.5. The van der Waals surface area contributed by atoms with Crippen molar-refractivity contribution in [2.45, 2.75) is 0 Å². The van der Waals surface area contributed by atoms with Crippen molar-refractivity contribution in [3.05, 3.63) is 0 Å². The van der Waals surface area contributed by atoms with Crippen molar-refractivity contribution in [2.75, 3.05) is 0 Å². The van der Waals surface area contributed by atoms with Crippen LogP contribution in [0.2, 0.25) is 0 Å². The Kier molecular flexibility index (Phi) is 25.5. The zero-order valence-electron chi connectivity index (χ0n) is 2.12. The Morgan fingerprint density at radius 3 is 1.00 bits per heavy atom. The van der Waals surface area contributed by atoms with Crippen molar-refractivity contribution in [1.82, 2.24) is 0 Å². The molecule has 0 aliphatic heterocycles. The molecule has 0 rings (SSSR count). The molecule has 0 saturated heterocycles. The monoisotopic (exact) mass is 276 g/mol. The van der Waals surface area contributed by atoms with E-state index in [4.69, 9.17) is 0 Å². The molecule has 0 spiro atoms. The molecule has 0 bridgehead atoms. The Morgan fingerprint density at radius 1 is 1.00 bits per heavy atom. The molecule has 0 aromatic rings. The molecule has 0 aliphatic rings. The smallest absolute Gasteiger partial charge is 0 e. The van der Waals surface area contributed by atoms with E-state index >= 15 is 0 Å². The molecule has 0 atom stereocenters. The summed E-state index contributed by atoms with van der Waals surface area (Å²) >= 11 is -4.64. The fourth-order valence-corrected chi connectivity index (χ4v) is 0. The molecule has 0 amide bonds. The largest absolute Gasteiger partial charge is 0 e. The number of halogens is 3. The number of hydrogen-bond acceptors (Lipinski definition) is 0. The molecule has 6 heavy (non-hydrogen) atoms. The van der Waals surface area contributed by atoms with Gasteiger partial charge in [-0.2, -0.15) is 0 Å². The molecule has 6 heteroatoms. The van der Waals surface area contributed by atoms with Crippen LogP contribution in [0.5, 0.6) is 0 Å². The molecule has 0 aromatic carbocycles. The van der Waals surface area contributed by atoms with Crippen LogP contribution in [0.15, 0.2) is 0 Å². The minimum absolute atomic E-state index is 0. The molecule has 0 fully saturated rings. The van der Waals surface area contributed by atoms with Crippen LogP contribution in [0.25, 0.3) is 0 Å². The summed E-state index contributed by atoms with van der Waals surface area (Å²) < 4.78 is 29.4. The molecule has 32 valence electrons. The Morgan fingerprint density at radius 2 is 1.00 bits per heavy atom. The fourth-order valence-electron chi connectivity index (χ4n) is 0. The second-order valence-corrected chi connectivity index (χ2v) is 0.742. The first kappa shape index (κ1) is 15.6. The van der Waals surface area contributed by atoms with Gasteiger partial charge in [0.05, 0.1) is 0 Å². The van der Waals surface area contributed by atoms with Gasteiger partial charge in [0.15, 0.2) is 0 Å². The molecule has 0 radical (unpaired) electrons. The second-order valence-electron chi connectivity index (χ2n) is 0.247. The first-order chi connectivity index (χ1) is 1.73. The van der Waals surface area contributed by atoms with Gasteiger partial charge in [-0.05, 0) is 0 Å². The van der Waals surface area contributed by atoms with E-state index in [9.17, 15) is 10.6 Å². The zero-order valence-corrected chi connectivity index (χ0v) is 6.21. The van der Waals surface area contributed by atoms with Crippen molar-refractivity contribution in [3.63, 3.8) is 0 Å². The van der Waals surface area contributed by atoms with Gasteiger partial charge in [0.2, 0.25) is 0 Å². The molecule has 0 nitrogen and oxygen atoms in total. The summed E-state index contributed by atoms with van der Waals surface area (Å²) in [4.78, 5) is 0. The topological polar surface area (TPSA) is 0 Å². The van der Waals surface area contributed by atoms with Crippen LogP contribution in [-0.2, 0) is 21.1 Å². The zero-order chi connectivity index (χ0) is 3.58. The first-order valence-corrected chi connectivity index (χ1v) is 1.96. The summed E-state index contributed by atoms with van der Waals surface area (Å²) in [6, 6.07) is 0. The van der Waals surface area contributed by atoms with Crippen LogP contribution >= 0.6 is 0 Å². The van der Waals surface area contributed by atoms with Crippen LogP contribution in [0.4, 0.5) is 10.6 Å². The van der Waals surface area contributed by atoms with Crippen molar-refractivity contribution in [1.29, 1.82) is 0 Å². The van der Waals surface area contributed by atoms with Gasteiger partial charge in [-0.25, -0.2) is 0 Å². The summed E-state index contributed by atoms with van der Waals surface area (Å²) in [5.74, 6) is 0. The predicted molar refractivity (Wildman–Crippen MR) is 16.2 cm³/mol. The molecule has 0 aliphatic carbocycles. The van der Waals surface area contributed by atoms with E-state index in [1.54, 1.807) is 0 Å². The van der Waals surface area contributed by atoms with Crippen molar-refractivity contribution < 1.29 is 31.6 Å². The van der Waals surface area contributed by atoms with Gasteiger partial charge in [0.1, 0.15) is 0 Å². The third-order valence-electron chi connectivity index (χ3n) is 0. The van der Waals surface area contributed by atoms with Gasteiger partial charge < -0.3 is 10.6 Å².